The van der Waals surface area contributed by atoms with Crippen molar-refractivity contribution in [2.45, 2.75) is 25.0 Å². The summed E-state index contributed by atoms with van der Waals surface area (Å²) >= 11 is 2.04. The number of nitrogens with zero attached hydrogens (tertiary/aromatic N) is 1. The van der Waals surface area contributed by atoms with Crippen LogP contribution < -0.4 is 0 Å². The minimum Gasteiger partial charge on any atom is -0.257 e. The second kappa shape index (κ2) is 3.48. The van der Waals surface area contributed by atoms with Crippen molar-refractivity contribution in [1.29, 1.82) is 0 Å². The largest absolute Gasteiger partial charge is 0.257 e. The summed E-state index contributed by atoms with van der Waals surface area (Å²) in [4.78, 5) is 4.53. The van der Waals surface area contributed by atoms with Crippen molar-refractivity contribution in [2.75, 3.05) is 5.75 Å². The van der Waals surface area contributed by atoms with Gasteiger partial charge >= 0.3 is 0 Å². The van der Waals surface area contributed by atoms with Gasteiger partial charge in [-0.3, -0.25) is 4.98 Å². The van der Waals surface area contributed by atoms with Crippen molar-refractivity contribution in [3.05, 3.63) is 29.6 Å². The van der Waals surface area contributed by atoms with Crippen molar-refractivity contribution >= 4 is 11.8 Å². The predicted molar refractivity (Wildman–Crippen MR) is 53.4 cm³/mol. The number of thioether (sulfide) groups is 1. The summed E-state index contributed by atoms with van der Waals surface area (Å²) in [5.74, 6) is 1.31. The van der Waals surface area contributed by atoms with Crippen LogP contribution in [0.1, 0.15) is 29.5 Å². The Balaban J connectivity index is 2.21. The van der Waals surface area contributed by atoms with Crippen LogP contribution in [0.4, 0.5) is 0 Å². The lowest BCUT2D eigenvalue weighted by atomic mass is 10.2. The second-order valence-corrected chi connectivity index (χ2v) is 4.52. The summed E-state index contributed by atoms with van der Waals surface area (Å²) in [6.45, 7) is 2.06. The van der Waals surface area contributed by atoms with Gasteiger partial charge in [0.2, 0.25) is 0 Å². The van der Waals surface area contributed by atoms with Crippen LogP contribution >= 0.6 is 11.8 Å². The monoisotopic (exact) mass is 179 g/mol. The van der Waals surface area contributed by atoms with E-state index in [-0.39, 0.29) is 0 Å². The summed E-state index contributed by atoms with van der Waals surface area (Å²) in [6.07, 6.45) is 2.66. The molecule has 0 aliphatic carbocycles. The van der Waals surface area contributed by atoms with Crippen molar-refractivity contribution in [3.63, 3.8) is 0 Å². The van der Waals surface area contributed by atoms with Crippen molar-refractivity contribution < 1.29 is 0 Å². The smallest absolute Gasteiger partial charge is 0.0536 e. The Bertz CT molecular complexity index is 266. The summed E-state index contributed by atoms with van der Waals surface area (Å²) in [6, 6.07) is 6.32. The van der Waals surface area contributed by atoms with E-state index in [0.717, 1.165) is 5.69 Å². The molecule has 1 unspecified atom stereocenters. The van der Waals surface area contributed by atoms with Crippen molar-refractivity contribution in [1.82, 2.24) is 4.98 Å². The first-order valence-corrected chi connectivity index (χ1v) is 5.46. The molecule has 0 aromatic carbocycles. The van der Waals surface area contributed by atoms with Gasteiger partial charge in [0.1, 0.15) is 0 Å². The zero-order valence-corrected chi connectivity index (χ0v) is 8.10. The standard InChI is InChI=1S/C10H13NS/c1-8-4-2-5-9(11-8)10-6-3-7-12-10/h2,4-5,10H,3,6-7H2,1H3. The molecule has 0 saturated carbocycles. The molecule has 0 amide bonds. The highest BCUT2D eigenvalue weighted by Crippen LogP contribution is 2.38. The van der Waals surface area contributed by atoms with Crippen LogP contribution in [0.25, 0.3) is 0 Å². The minimum atomic E-state index is 0.671. The van der Waals surface area contributed by atoms with E-state index in [1.54, 1.807) is 0 Å². The van der Waals surface area contributed by atoms with Crippen LogP contribution in [0.5, 0.6) is 0 Å². The number of hydrogen-bond donors (Lipinski definition) is 0. The number of aryl methyl sites for hydroxylation is 1. The van der Waals surface area contributed by atoms with E-state index >= 15 is 0 Å². The highest BCUT2D eigenvalue weighted by atomic mass is 32.2. The van der Waals surface area contributed by atoms with Crippen molar-refractivity contribution in [3.8, 4) is 0 Å². The van der Waals surface area contributed by atoms with E-state index in [4.69, 9.17) is 0 Å². The van der Waals surface area contributed by atoms with Crippen LogP contribution in [0.15, 0.2) is 18.2 Å². The third-order valence-corrected chi connectivity index (χ3v) is 3.57. The summed E-state index contributed by atoms with van der Waals surface area (Å²) in [7, 11) is 0. The van der Waals surface area contributed by atoms with Gasteiger partial charge in [-0.15, -0.1) is 0 Å². The van der Waals surface area contributed by atoms with E-state index in [2.05, 4.69) is 30.1 Å². The van der Waals surface area contributed by atoms with Gasteiger partial charge < -0.3 is 0 Å². The van der Waals surface area contributed by atoms with E-state index < -0.39 is 0 Å². The van der Waals surface area contributed by atoms with Crippen LogP contribution in [0.2, 0.25) is 0 Å². The SMILES string of the molecule is Cc1cccc(C2CCCS2)n1. The summed E-state index contributed by atoms with van der Waals surface area (Å²) in [5, 5.41) is 0.671. The molecular formula is C10H13NS. The Morgan fingerprint density at radius 2 is 2.42 bits per heavy atom. The molecule has 1 aliphatic heterocycles. The third-order valence-electron chi connectivity index (χ3n) is 2.17. The topological polar surface area (TPSA) is 12.9 Å². The molecule has 2 rings (SSSR count). The fourth-order valence-electron chi connectivity index (χ4n) is 1.55. The predicted octanol–water partition coefficient (Wildman–Crippen LogP) is 2.96. The van der Waals surface area contributed by atoms with Gasteiger partial charge in [-0.05, 0) is 37.7 Å². The van der Waals surface area contributed by atoms with Crippen LogP contribution in [0, 0.1) is 6.92 Å². The quantitative estimate of drug-likeness (QED) is 0.657. The maximum absolute atomic E-state index is 4.53. The van der Waals surface area contributed by atoms with Gasteiger partial charge in [0, 0.05) is 10.9 Å². The Morgan fingerprint density at radius 3 is 3.08 bits per heavy atom. The lowest BCUT2D eigenvalue weighted by molar-refractivity contribution is 0.803. The Labute approximate surface area is 77.6 Å². The second-order valence-electron chi connectivity index (χ2n) is 3.21. The van der Waals surface area contributed by atoms with E-state index in [9.17, 15) is 0 Å². The molecule has 1 atom stereocenters. The maximum Gasteiger partial charge on any atom is 0.0536 e. The molecule has 1 saturated heterocycles. The lowest BCUT2D eigenvalue weighted by Crippen LogP contribution is -1.93. The Kier molecular flexibility index (Phi) is 2.35. The minimum absolute atomic E-state index is 0.671. The van der Waals surface area contributed by atoms with Gasteiger partial charge in [0.15, 0.2) is 0 Å². The van der Waals surface area contributed by atoms with Gasteiger partial charge in [-0.25, -0.2) is 0 Å². The Morgan fingerprint density at radius 1 is 1.50 bits per heavy atom. The highest BCUT2D eigenvalue weighted by molar-refractivity contribution is 7.99. The molecule has 1 nitrogen and oxygen atoms in total. The molecule has 2 heterocycles. The maximum atomic E-state index is 4.53. The molecule has 0 spiro atoms. The van der Waals surface area contributed by atoms with E-state index in [0.29, 0.717) is 5.25 Å². The van der Waals surface area contributed by atoms with E-state index in [1.165, 1.54) is 24.3 Å². The molecular weight excluding hydrogens is 166 g/mol. The average Bonchev–Trinajstić information content (AvgIpc) is 2.56. The zero-order valence-electron chi connectivity index (χ0n) is 7.29. The highest BCUT2D eigenvalue weighted by Gasteiger charge is 2.18. The van der Waals surface area contributed by atoms with Crippen LogP contribution in [-0.4, -0.2) is 10.7 Å². The fourth-order valence-corrected chi connectivity index (χ4v) is 2.81. The zero-order chi connectivity index (χ0) is 8.39. The average molecular weight is 179 g/mol. The molecule has 1 fully saturated rings. The first-order chi connectivity index (χ1) is 5.86. The number of rotatable bonds is 1. The third kappa shape index (κ3) is 1.63. The summed E-state index contributed by atoms with van der Waals surface area (Å²) < 4.78 is 0. The number of pyridine rings is 1. The van der Waals surface area contributed by atoms with Crippen LogP contribution in [0.3, 0.4) is 0 Å². The number of aromatic nitrogens is 1. The molecule has 0 N–H and O–H groups in total. The van der Waals surface area contributed by atoms with Gasteiger partial charge in [0.25, 0.3) is 0 Å². The van der Waals surface area contributed by atoms with Crippen molar-refractivity contribution in [2.24, 2.45) is 0 Å². The molecule has 64 valence electrons. The Hall–Kier alpha value is -0.500. The molecule has 0 radical (unpaired) electrons. The van der Waals surface area contributed by atoms with Gasteiger partial charge in [-0.2, -0.15) is 11.8 Å². The fraction of sp³-hybridized carbons (Fsp3) is 0.500. The van der Waals surface area contributed by atoms with E-state index in [1.807, 2.05) is 11.8 Å². The van der Waals surface area contributed by atoms with Crippen LogP contribution in [-0.2, 0) is 0 Å². The molecule has 0 bridgehead atoms. The normalized spacial score (nSPS) is 22.9. The molecule has 1 aromatic heterocycles. The summed E-state index contributed by atoms with van der Waals surface area (Å²) in [5.41, 5.74) is 2.41. The van der Waals surface area contributed by atoms with Gasteiger partial charge in [0.05, 0.1) is 5.69 Å². The first kappa shape index (κ1) is 8.11. The van der Waals surface area contributed by atoms with Gasteiger partial charge in [-0.1, -0.05) is 6.07 Å². The molecule has 1 aliphatic rings. The number of hydrogen-bond acceptors (Lipinski definition) is 2. The lowest BCUT2D eigenvalue weighted by Gasteiger charge is -2.07. The molecule has 1 aromatic rings. The first-order valence-electron chi connectivity index (χ1n) is 4.41. The molecule has 2 heteroatoms. The molecule has 12 heavy (non-hydrogen) atoms.